The van der Waals surface area contributed by atoms with Crippen LogP contribution in [-0.4, -0.2) is 25.3 Å². The minimum Gasteiger partial charge on any atom is -0.380 e. The van der Waals surface area contributed by atoms with E-state index < -0.39 is 0 Å². The van der Waals surface area contributed by atoms with Crippen molar-refractivity contribution in [3.8, 4) is 0 Å². The molecule has 0 aliphatic heterocycles. The smallest absolute Gasteiger partial charge is 0.0616 e. The summed E-state index contributed by atoms with van der Waals surface area (Å²) in [6.45, 7) is 8.27. The second-order valence-corrected chi connectivity index (χ2v) is 4.91. The van der Waals surface area contributed by atoms with E-state index in [1.165, 1.54) is 32.1 Å². The second-order valence-electron chi connectivity index (χ2n) is 4.91. The molecular weight excluding hydrogens is 186 g/mol. The molecule has 1 saturated carbocycles. The van der Waals surface area contributed by atoms with E-state index in [4.69, 9.17) is 4.74 Å². The summed E-state index contributed by atoms with van der Waals surface area (Å²) in [5.41, 5.74) is 0. The molecule has 2 atom stereocenters. The lowest BCUT2D eigenvalue weighted by molar-refractivity contribution is 0.118. The van der Waals surface area contributed by atoms with Crippen molar-refractivity contribution in [1.82, 2.24) is 5.32 Å². The van der Waals surface area contributed by atoms with E-state index in [0.717, 1.165) is 19.1 Å². The summed E-state index contributed by atoms with van der Waals surface area (Å²) in [5.74, 6) is 0.892. The lowest BCUT2D eigenvalue weighted by atomic mass is 9.84. The third-order valence-electron chi connectivity index (χ3n) is 3.48. The SMILES string of the molecule is CCOCC(C)N[C@@H](C)C1CCCCC1. The van der Waals surface area contributed by atoms with Gasteiger partial charge in [-0.25, -0.2) is 0 Å². The predicted octanol–water partition coefficient (Wildman–Crippen LogP) is 2.97. The fourth-order valence-corrected chi connectivity index (χ4v) is 2.56. The average molecular weight is 213 g/mol. The van der Waals surface area contributed by atoms with Gasteiger partial charge < -0.3 is 10.1 Å². The van der Waals surface area contributed by atoms with Gasteiger partial charge in [0.1, 0.15) is 0 Å². The van der Waals surface area contributed by atoms with Crippen molar-refractivity contribution in [2.45, 2.75) is 65.0 Å². The highest BCUT2D eigenvalue weighted by Gasteiger charge is 2.20. The number of hydrogen-bond donors (Lipinski definition) is 1. The monoisotopic (exact) mass is 213 g/mol. The summed E-state index contributed by atoms with van der Waals surface area (Å²) in [5, 5.41) is 3.66. The number of nitrogens with one attached hydrogen (secondary N) is 1. The van der Waals surface area contributed by atoms with E-state index in [1.54, 1.807) is 0 Å². The highest BCUT2D eigenvalue weighted by molar-refractivity contribution is 4.77. The van der Waals surface area contributed by atoms with Crippen LogP contribution in [0.4, 0.5) is 0 Å². The molecule has 0 bridgehead atoms. The maximum atomic E-state index is 5.42. The molecule has 0 heterocycles. The summed E-state index contributed by atoms with van der Waals surface area (Å²) in [4.78, 5) is 0. The summed E-state index contributed by atoms with van der Waals surface area (Å²) in [6.07, 6.45) is 7.12. The van der Waals surface area contributed by atoms with Crippen molar-refractivity contribution in [2.75, 3.05) is 13.2 Å². The van der Waals surface area contributed by atoms with Crippen LogP contribution in [0.3, 0.4) is 0 Å². The van der Waals surface area contributed by atoms with Crippen molar-refractivity contribution in [3.05, 3.63) is 0 Å². The molecule has 0 aromatic carbocycles. The molecule has 1 aliphatic carbocycles. The molecule has 1 unspecified atom stereocenters. The zero-order valence-electron chi connectivity index (χ0n) is 10.6. The van der Waals surface area contributed by atoms with Crippen LogP contribution in [0, 0.1) is 5.92 Å². The van der Waals surface area contributed by atoms with E-state index in [9.17, 15) is 0 Å². The largest absolute Gasteiger partial charge is 0.380 e. The zero-order chi connectivity index (χ0) is 11.1. The van der Waals surface area contributed by atoms with Gasteiger partial charge in [0.05, 0.1) is 6.61 Å². The molecular formula is C13H27NO. The van der Waals surface area contributed by atoms with Crippen molar-refractivity contribution in [1.29, 1.82) is 0 Å². The minimum absolute atomic E-state index is 0.488. The molecule has 1 aliphatic rings. The third-order valence-corrected chi connectivity index (χ3v) is 3.48. The lowest BCUT2D eigenvalue weighted by Gasteiger charge is -2.30. The van der Waals surface area contributed by atoms with Gasteiger partial charge in [-0.05, 0) is 39.5 Å². The lowest BCUT2D eigenvalue weighted by Crippen LogP contribution is -2.42. The van der Waals surface area contributed by atoms with Gasteiger partial charge in [-0.2, -0.15) is 0 Å². The first-order valence-electron chi connectivity index (χ1n) is 6.57. The molecule has 15 heavy (non-hydrogen) atoms. The molecule has 2 nitrogen and oxygen atoms in total. The number of hydrogen-bond acceptors (Lipinski definition) is 2. The van der Waals surface area contributed by atoms with Crippen molar-refractivity contribution in [2.24, 2.45) is 5.92 Å². The van der Waals surface area contributed by atoms with Crippen molar-refractivity contribution < 1.29 is 4.74 Å². The molecule has 0 spiro atoms. The van der Waals surface area contributed by atoms with E-state index >= 15 is 0 Å². The van der Waals surface area contributed by atoms with Gasteiger partial charge in [-0.15, -0.1) is 0 Å². The van der Waals surface area contributed by atoms with E-state index in [1.807, 2.05) is 0 Å². The molecule has 1 fully saturated rings. The highest BCUT2D eigenvalue weighted by atomic mass is 16.5. The third kappa shape index (κ3) is 4.98. The van der Waals surface area contributed by atoms with E-state index in [-0.39, 0.29) is 0 Å². The van der Waals surface area contributed by atoms with Crippen LogP contribution in [0.25, 0.3) is 0 Å². The van der Waals surface area contributed by atoms with Crippen LogP contribution in [-0.2, 0) is 4.74 Å². The Bertz CT molecular complexity index is 155. The molecule has 1 N–H and O–H groups in total. The summed E-state index contributed by atoms with van der Waals surface area (Å²) < 4.78 is 5.42. The quantitative estimate of drug-likeness (QED) is 0.732. The molecule has 0 amide bonds. The van der Waals surface area contributed by atoms with Crippen LogP contribution < -0.4 is 5.32 Å². The fourth-order valence-electron chi connectivity index (χ4n) is 2.56. The van der Waals surface area contributed by atoms with Crippen LogP contribution in [0.5, 0.6) is 0 Å². The van der Waals surface area contributed by atoms with Crippen LogP contribution in [0.15, 0.2) is 0 Å². The fraction of sp³-hybridized carbons (Fsp3) is 1.00. The second kappa shape index (κ2) is 7.24. The first-order chi connectivity index (χ1) is 7.24. The Hall–Kier alpha value is -0.0800. The van der Waals surface area contributed by atoms with Gasteiger partial charge in [-0.3, -0.25) is 0 Å². The van der Waals surface area contributed by atoms with Gasteiger partial charge in [0.15, 0.2) is 0 Å². The number of ether oxygens (including phenoxy) is 1. The number of rotatable bonds is 6. The molecule has 0 aromatic rings. The van der Waals surface area contributed by atoms with Crippen LogP contribution >= 0.6 is 0 Å². The molecule has 1 rings (SSSR count). The van der Waals surface area contributed by atoms with Gasteiger partial charge in [-0.1, -0.05) is 19.3 Å². The van der Waals surface area contributed by atoms with Crippen molar-refractivity contribution in [3.63, 3.8) is 0 Å². The maximum Gasteiger partial charge on any atom is 0.0616 e. The predicted molar refractivity (Wildman–Crippen MR) is 65.1 cm³/mol. The van der Waals surface area contributed by atoms with Gasteiger partial charge in [0, 0.05) is 18.7 Å². The van der Waals surface area contributed by atoms with Gasteiger partial charge in [0.25, 0.3) is 0 Å². The Morgan fingerprint density at radius 3 is 2.47 bits per heavy atom. The standard InChI is InChI=1S/C13H27NO/c1-4-15-10-11(2)14-12(3)13-8-6-5-7-9-13/h11-14H,4-10H2,1-3H3/t11?,12-/m0/s1. The zero-order valence-corrected chi connectivity index (χ0v) is 10.6. The summed E-state index contributed by atoms with van der Waals surface area (Å²) >= 11 is 0. The Labute approximate surface area is 94.8 Å². The van der Waals surface area contributed by atoms with Crippen LogP contribution in [0.2, 0.25) is 0 Å². The maximum absolute atomic E-state index is 5.42. The average Bonchev–Trinajstić information content (AvgIpc) is 2.27. The van der Waals surface area contributed by atoms with E-state index in [2.05, 4.69) is 26.1 Å². The minimum atomic E-state index is 0.488. The Balaban J connectivity index is 2.17. The molecule has 0 aromatic heterocycles. The van der Waals surface area contributed by atoms with E-state index in [0.29, 0.717) is 12.1 Å². The van der Waals surface area contributed by atoms with Gasteiger partial charge in [0.2, 0.25) is 0 Å². The van der Waals surface area contributed by atoms with Crippen molar-refractivity contribution >= 4 is 0 Å². The summed E-state index contributed by atoms with van der Waals surface area (Å²) in [6, 6.07) is 1.14. The summed E-state index contributed by atoms with van der Waals surface area (Å²) in [7, 11) is 0. The van der Waals surface area contributed by atoms with Crippen LogP contribution in [0.1, 0.15) is 52.9 Å². The first-order valence-corrected chi connectivity index (χ1v) is 6.57. The molecule has 2 heteroatoms. The Morgan fingerprint density at radius 1 is 1.20 bits per heavy atom. The topological polar surface area (TPSA) is 21.3 Å². The molecule has 90 valence electrons. The molecule has 0 saturated heterocycles. The Kier molecular flexibility index (Phi) is 6.26. The molecule has 0 radical (unpaired) electrons. The normalized spacial score (nSPS) is 22.6. The highest BCUT2D eigenvalue weighted by Crippen LogP contribution is 2.26. The first kappa shape index (κ1) is 13.0. The Morgan fingerprint density at radius 2 is 1.87 bits per heavy atom. The van der Waals surface area contributed by atoms with Gasteiger partial charge >= 0.3 is 0 Å².